The summed E-state index contributed by atoms with van der Waals surface area (Å²) >= 11 is 0. The fourth-order valence-electron chi connectivity index (χ4n) is 2.63. The first-order chi connectivity index (χ1) is 12.7. The van der Waals surface area contributed by atoms with Crippen LogP contribution in [0.25, 0.3) is 11.1 Å². The van der Waals surface area contributed by atoms with E-state index < -0.39 is 46.0 Å². The van der Waals surface area contributed by atoms with E-state index in [2.05, 4.69) is 4.98 Å². The van der Waals surface area contributed by atoms with Crippen LogP contribution in [-0.2, 0) is 14.9 Å². The summed E-state index contributed by atoms with van der Waals surface area (Å²) in [5, 5.41) is 29.4. The third-order valence-electron chi connectivity index (χ3n) is 4.00. The van der Waals surface area contributed by atoms with E-state index in [-0.39, 0.29) is 11.3 Å². The smallest absolute Gasteiger partial charge is 0.295 e. The van der Waals surface area contributed by atoms with Gasteiger partial charge in [-0.2, -0.15) is 8.42 Å². The average molecular weight is 401 g/mol. The van der Waals surface area contributed by atoms with Crippen LogP contribution in [-0.4, -0.2) is 63.3 Å². The molecule has 4 N–H and O–H groups in total. The van der Waals surface area contributed by atoms with Crippen molar-refractivity contribution in [3.8, 4) is 16.9 Å². The van der Waals surface area contributed by atoms with E-state index in [1.807, 2.05) is 0 Å². The minimum atomic E-state index is -4.90. The molecular formula is C16H16FNO8S. The fraction of sp³-hybridized carbons (Fsp3) is 0.312. The van der Waals surface area contributed by atoms with Gasteiger partial charge in [0.15, 0.2) is 0 Å². The highest BCUT2D eigenvalue weighted by atomic mass is 32.2. The van der Waals surface area contributed by atoms with E-state index in [9.17, 15) is 28.1 Å². The van der Waals surface area contributed by atoms with Crippen molar-refractivity contribution in [3.63, 3.8) is 0 Å². The van der Waals surface area contributed by atoms with Crippen LogP contribution < -0.4 is 4.74 Å². The van der Waals surface area contributed by atoms with Crippen molar-refractivity contribution in [1.29, 1.82) is 0 Å². The lowest BCUT2D eigenvalue weighted by molar-refractivity contribution is -0.254. The maximum Gasteiger partial charge on any atom is 0.295 e. The summed E-state index contributed by atoms with van der Waals surface area (Å²) in [6, 6.07) is 6.69. The maximum absolute atomic E-state index is 14.1. The number of rotatable bonds is 4. The van der Waals surface area contributed by atoms with Crippen molar-refractivity contribution < 1.29 is 42.2 Å². The molecule has 0 bridgehead atoms. The Morgan fingerprint density at radius 2 is 1.70 bits per heavy atom. The van der Waals surface area contributed by atoms with Crippen LogP contribution >= 0.6 is 0 Å². The first-order valence-corrected chi connectivity index (χ1v) is 9.21. The zero-order chi connectivity index (χ0) is 19.8. The van der Waals surface area contributed by atoms with Crippen molar-refractivity contribution >= 4 is 10.1 Å². The summed E-state index contributed by atoms with van der Waals surface area (Å²) in [5.74, 6) is -0.574. The largest absolute Gasteiger partial charge is 0.462 e. The van der Waals surface area contributed by atoms with Crippen LogP contribution in [0.15, 0.2) is 42.7 Å². The zero-order valence-corrected chi connectivity index (χ0v) is 14.4. The van der Waals surface area contributed by atoms with E-state index in [1.54, 1.807) is 12.1 Å². The van der Waals surface area contributed by atoms with Crippen molar-refractivity contribution in [2.75, 3.05) is 0 Å². The summed E-state index contributed by atoms with van der Waals surface area (Å²) < 4.78 is 56.0. The van der Waals surface area contributed by atoms with Crippen LogP contribution in [0.1, 0.15) is 0 Å². The standard InChI is InChI=1S/C16H16FNO8S/c17-11-2-1-9(7-10(11)8-3-5-18-6-4-8)25-15-13(20)12(19)14(21)16(26-15)27(22,23)24/h1-7,12-16,19-21H,(H,22,23,24)/t12-,13-,14+,15-,16?/m1/s1. The van der Waals surface area contributed by atoms with Crippen molar-refractivity contribution in [1.82, 2.24) is 4.98 Å². The van der Waals surface area contributed by atoms with Gasteiger partial charge in [0.25, 0.3) is 10.1 Å². The van der Waals surface area contributed by atoms with E-state index in [0.29, 0.717) is 5.56 Å². The lowest BCUT2D eigenvalue weighted by Gasteiger charge is -2.38. The maximum atomic E-state index is 14.1. The van der Waals surface area contributed by atoms with Gasteiger partial charge in [-0.3, -0.25) is 9.54 Å². The van der Waals surface area contributed by atoms with Gasteiger partial charge in [0.05, 0.1) is 0 Å². The van der Waals surface area contributed by atoms with Crippen molar-refractivity contribution in [2.45, 2.75) is 30.0 Å². The molecule has 0 spiro atoms. The van der Waals surface area contributed by atoms with E-state index in [4.69, 9.17) is 14.0 Å². The number of aromatic nitrogens is 1. The molecule has 0 amide bonds. The summed E-state index contributed by atoms with van der Waals surface area (Å²) in [6.07, 6.45) is -4.69. The molecule has 27 heavy (non-hydrogen) atoms. The van der Waals surface area contributed by atoms with Crippen molar-refractivity contribution in [3.05, 3.63) is 48.5 Å². The Morgan fingerprint density at radius 1 is 1.04 bits per heavy atom. The molecule has 9 nitrogen and oxygen atoms in total. The summed E-state index contributed by atoms with van der Waals surface area (Å²) in [5.41, 5.74) is -1.59. The van der Waals surface area contributed by atoms with Crippen LogP contribution in [0.3, 0.4) is 0 Å². The molecule has 1 aromatic heterocycles. The highest BCUT2D eigenvalue weighted by Crippen LogP contribution is 2.30. The topological polar surface area (TPSA) is 146 Å². The Hall–Kier alpha value is -2.15. The molecule has 0 aliphatic carbocycles. The lowest BCUT2D eigenvalue weighted by atomic mass is 10.0. The number of aliphatic hydroxyl groups is 3. The molecule has 11 heteroatoms. The molecule has 0 saturated carbocycles. The second-order valence-electron chi connectivity index (χ2n) is 5.86. The summed E-state index contributed by atoms with van der Waals surface area (Å²) in [4.78, 5) is 3.83. The fourth-order valence-corrected chi connectivity index (χ4v) is 3.39. The van der Waals surface area contributed by atoms with Crippen LogP contribution in [0.5, 0.6) is 5.75 Å². The molecule has 1 fully saturated rings. The van der Waals surface area contributed by atoms with Gasteiger partial charge in [-0.25, -0.2) is 4.39 Å². The Balaban J connectivity index is 1.88. The molecule has 1 saturated heterocycles. The quantitative estimate of drug-likeness (QED) is 0.517. The number of nitrogens with zero attached hydrogens (tertiary/aromatic N) is 1. The predicted octanol–water partition coefficient (Wildman–Crippen LogP) is -0.0806. The lowest BCUT2D eigenvalue weighted by Crippen LogP contribution is -2.61. The second kappa shape index (κ2) is 7.46. The first-order valence-electron chi connectivity index (χ1n) is 7.71. The number of aliphatic hydroxyl groups excluding tert-OH is 3. The third kappa shape index (κ3) is 4.08. The van der Waals surface area contributed by atoms with E-state index in [0.717, 1.165) is 6.07 Å². The minimum absolute atomic E-state index is 0.00932. The Kier molecular flexibility index (Phi) is 5.42. The molecular weight excluding hydrogens is 385 g/mol. The number of hydrogen-bond donors (Lipinski definition) is 4. The number of hydrogen-bond acceptors (Lipinski definition) is 8. The molecule has 3 rings (SSSR count). The second-order valence-corrected chi connectivity index (χ2v) is 7.35. The Bertz CT molecular complexity index is 910. The molecule has 146 valence electrons. The van der Waals surface area contributed by atoms with Crippen LogP contribution in [0, 0.1) is 5.82 Å². The SMILES string of the molecule is O=S(=O)(O)C1O[C@@H](Oc2ccc(F)c(-c3ccncc3)c2)[C@H](O)[C@@H](O)[C@@H]1O. The van der Waals surface area contributed by atoms with Crippen LogP contribution in [0.2, 0.25) is 0 Å². The van der Waals surface area contributed by atoms with Crippen molar-refractivity contribution in [2.24, 2.45) is 0 Å². The van der Waals surface area contributed by atoms with Gasteiger partial charge in [-0.05, 0) is 35.9 Å². The van der Waals surface area contributed by atoms with E-state index >= 15 is 0 Å². The van der Waals surface area contributed by atoms with Gasteiger partial charge < -0.3 is 24.8 Å². The van der Waals surface area contributed by atoms with Gasteiger partial charge in [0.2, 0.25) is 11.7 Å². The highest BCUT2D eigenvalue weighted by Gasteiger charge is 2.50. The molecule has 1 aliphatic heterocycles. The number of halogens is 1. The monoisotopic (exact) mass is 401 g/mol. The number of pyridine rings is 1. The minimum Gasteiger partial charge on any atom is -0.462 e. The zero-order valence-electron chi connectivity index (χ0n) is 13.6. The molecule has 1 aromatic carbocycles. The highest BCUT2D eigenvalue weighted by molar-refractivity contribution is 7.86. The van der Waals surface area contributed by atoms with Gasteiger partial charge in [0, 0.05) is 18.0 Å². The summed E-state index contributed by atoms with van der Waals surface area (Å²) in [7, 11) is -4.90. The van der Waals surface area contributed by atoms with Gasteiger partial charge in [-0.1, -0.05) is 0 Å². The third-order valence-corrected chi connectivity index (χ3v) is 4.98. The molecule has 1 aliphatic rings. The Morgan fingerprint density at radius 3 is 2.33 bits per heavy atom. The number of benzene rings is 1. The first kappa shape index (κ1) is 19.6. The predicted molar refractivity (Wildman–Crippen MR) is 88.5 cm³/mol. The summed E-state index contributed by atoms with van der Waals surface area (Å²) in [6.45, 7) is 0. The van der Waals surface area contributed by atoms with Crippen LogP contribution in [0.4, 0.5) is 4.39 Å². The number of ether oxygens (including phenoxy) is 2. The molecule has 5 atom stereocenters. The van der Waals surface area contributed by atoms with Gasteiger partial charge >= 0.3 is 0 Å². The molecule has 1 unspecified atom stereocenters. The van der Waals surface area contributed by atoms with E-state index in [1.165, 1.54) is 24.5 Å². The molecule has 0 radical (unpaired) electrons. The molecule has 2 heterocycles. The Labute approximate surface area is 153 Å². The van der Waals surface area contributed by atoms with Gasteiger partial charge in [0.1, 0.15) is 29.9 Å². The average Bonchev–Trinajstić information content (AvgIpc) is 2.63. The normalized spacial score (nSPS) is 28.7. The van der Waals surface area contributed by atoms with Gasteiger partial charge in [-0.15, -0.1) is 0 Å². The molecule has 2 aromatic rings.